The van der Waals surface area contributed by atoms with E-state index in [1.54, 1.807) is 41.2 Å². The number of anilines is 2. The molecule has 0 spiro atoms. The second kappa shape index (κ2) is 10.1. The van der Waals surface area contributed by atoms with Crippen LogP contribution in [-0.4, -0.2) is 68.2 Å². The number of hydrogen-bond acceptors (Lipinski definition) is 8. The van der Waals surface area contributed by atoms with Gasteiger partial charge in [0.05, 0.1) is 56.1 Å². The lowest BCUT2D eigenvalue weighted by Crippen LogP contribution is -2.36. The Kier molecular flexibility index (Phi) is 6.17. The number of carbonyl (C=O) groups is 1. The zero-order valence-electron chi connectivity index (χ0n) is 21.5. The summed E-state index contributed by atoms with van der Waals surface area (Å²) in [6.07, 6.45) is 3.30. The first kappa shape index (κ1) is 24.4. The Morgan fingerprint density at radius 2 is 1.77 bits per heavy atom. The molecule has 1 saturated heterocycles. The van der Waals surface area contributed by atoms with Crippen LogP contribution in [-0.2, 0) is 22.6 Å². The number of morpholine rings is 1. The number of amides is 1. The number of imidazole rings is 1. The van der Waals surface area contributed by atoms with E-state index in [1.165, 1.54) is 12.1 Å². The largest absolute Gasteiger partial charge is 0.378 e. The number of halogens is 1. The van der Waals surface area contributed by atoms with Crippen molar-refractivity contribution >= 4 is 23.2 Å². The number of fused-ring (bicyclic) bond motifs is 2. The molecule has 1 N–H and O–H groups in total. The molecule has 2 aliphatic heterocycles. The van der Waals surface area contributed by atoms with Gasteiger partial charge in [0.25, 0.3) is 5.91 Å². The van der Waals surface area contributed by atoms with Crippen LogP contribution in [0.1, 0.15) is 16.1 Å². The highest BCUT2D eigenvalue weighted by atomic mass is 19.1. The van der Waals surface area contributed by atoms with Crippen molar-refractivity contribution in [1.29, 1.82) is 0 Å². The fraction of sp³-hybridized carbons (Fsp3) is 0.250. The molecule has 12 heteroatoms. The van der Waals surface area contributed by atoms with Crippen molar-refractivity contribution in [2.75, 3.05) is 43.1 Å². The van der Waals surface area contributed by atoms with Gasteiger partial charge in [-0.15, -0.1) is 0 Å². The highest BCUT2D eigenvalue weighted by Gasteiger charge is 2.25. The lowest BCUT2D eigenvalue weighted by atomic mass is 10.0. The van der Waals surface area contributed by atoms with Crippen LogP contribution in [0.3, 0.4) is 0 Å². The van der Waals surface area contributed by atoms with Crippen LogP contribution >= 0.6 is 0 Å². The first-order valence-corrected chi connectivity index (χ1v) is 13.0. The highest BCUT2D eigenvalue weighted by molar-refractivity contribution is 6.04. The van der Waals surface area contributed by atoms with Crippen LogP contribution in [0.15, 0.2) is 60.9 Å². The lowest BCUT2D eigenvalue weighted by molar-refractivity contribution is 0.0804. The van der Waals surface area contributed by atoms with Crippen LogP contribution in [0.4, 0.5) is 16.0 Å². The molecule has 40 heavy (non-hydrogen) atoms. The van der Waals surface area contributed by atoms with Crippen molar-refractivity contribution in [1.82, 2.24) is 29.4 Å². The zero-order valence-corrected chi connectivity index (χ0v) is 21.5. The molecule has 0 bridgehead atoms. The van der Waals surface area contributed by atoms with E-state index < -0.39 is 0 Å². The first-order chi connectivity index (χ1) is 19.6. The van der Waals surface area contributed by atoms with E-state index in [1.807, 2.05) is 16.8 Å². The minimum Gasteiger partial charge on any atom is -0.378 e. The van der Waals surface area contributed by atoms with E-state index in [-0.39, 0.29) is 11.7 Å². The standard InChI is InChI=1S/C28H25FN8O3/c29-20-3-1-18(2-4-20)27-26(22-17-40-14-11-36(22)34-27)21-5-6-24-31-23(16-37(24)33-21)32-28(38)19-7-8-30-25(15-19)35-9-12-39-13-10-35/h1-8,15-16H,9-14,17H2,(H,32,38). The zero-order chi connectivity index (χ0) is 27.1. The quantitative estimate of drug-likeness (QED) is 0.361. The van der Waals surface area contributed by atoms with Gasteiger partial charge in [0.15, 0.2) is 11.5 Å². The van der Waals surface area contributed by atoms with Crippen LogP contribution in [0.25, 0.3) is 28.2 Å². The molecule has 202 valence electrons. The van der Waals surface area contributed by atoms with Crippen LogP contribution in [0.2, 0.25) is 0 Å². The molecular weight excluding hydrogens is 515 g/mol. The van der Waals surface area contributed by atoms with Crippen LogP contribution in [0, 0.1) is 5.82 Å². The van der Waals surface area contributed by atoms with Gasteiger partial charge < -0.3 is 19.7 Å². The molecule has 4 aromatic heterocycles. The molecular formula is C28H25FN8O3. The molecule has 11 nitrogen and oxygen atoms in total. The highest BCUT2D eigenvalue weighted by Crippen LogP contribution is 2.35. The van der Waals surface area contributed by atoms with E-state index in [2.05, 4.69) is 20.2 Å². The van der Waals surface area contributed by atoms with Gasteiger partial charge in [-0.05, 0) is 48.5 Å². The van der Waals surface area contributed by atoms with Crippen molar-refractivity contribution in [2.45, 2.75) is 13.2 Å². The monoisotopic (exact) mass is 540 g/mol. The van der Waals surface area contributed by atoms with E-state index in [0.717, 1.165) is 35.7 Å². The van der Waals surface area contributed by atoms with E-state index in [9.17, 15) is 9.18 Å². The van der Waals surface area contributed by atoms with E-state index >= 15 is 0 Å². The average molecular weight is 541 g/mol. The second-order valence-electron chi connectivity index (χ2n) is 9.56. The molecule has 1 amide bonds. The number of nitrogens with one attached hydrogen (secondary N) is 1. The maximum atomic E-state index is 13.6. The van der Waals surface area contributed by atoms with Gasteiger partial charge in [-0.2, -0.15) is 10.2 Å². The van der Waals surface area contributed by atoms with Gasteiger partial charge in [-0.3, -0.25) is 9.48 Å². The normalized spacial score (nSPS) is 15.3. The molecule has 0 unspecified atom stereocenters. The molecule has 1 fully saturated rings. The smallest absolute Gasteiger partial charge is 0.257 e. The number of benzene rings is 1. The molecule has 0 atom stereocenters. The van der Waals surface area contributed by atoms with Gasteiger partial charge in [0.2, 0.25) is 0 Å². The first-order valence-electron chi connectivity index (χ1n) is 13.0. The minimum atomic E-state index is -0.311. The summed E-state index contributed by atoms with van der Waals surface area (Å²) in [4.78, 5) is 24.1. The summed E-state index contributed by atoms with van der Waals surface area (Å²) >= 11 is 0. The molecule has 2 aliphatic rings. The predicted molar refractivity (Wildman–Crippen MR) is 144 cm³/mol. The number of ether oxygens (including phenoxy) is 2. The van der Waals surface area contributed by atoms with Crippen LogP contribution in [0.5, 0.6) is 0 Å². The number of rotatable bonds is 5. The van der Waals surface area contributed by atoms with E-state index in [0.29, 0.717) is 61.4 Å². The Balaban J connectivity index is 1.19. The maximum Gasteiger partial charge on any atom is 0.257 e. The molecule has 7 rings (SSSR count). The van der Waals surface area contributed by atoms with Gasteiger partial charge in [0, 0.05) is 30.4 Å². The lowest BCUT2D eigenvalue weighted by Gasteiger charge is -2.27. The fourth-order valence-electron chi connectivity index (χ4n) is 5.02. The van der Waals surface area contributed by atoms with Gasteiger partial charge >= 0.3 is 0 Å². The number of hydrogen-bond donors (Lipinski definition) is 1. The Hall–Kier alpha value is -4.68. The third-order valence-corrected chi connectivity index (χ3v) is 7.02. The summed E-state index contributed by atoms with van der Waals surface area (Å²) < 4.78 is 28.3. The second-order valence-corrected chi connectivity index (χ2v) is 9.56. The summed E-state index contributed by atoms with van der Waals surface area (Å²) in [5.41, 5.74) is 4.93. The molecule has 5 aromatic rings. The fourth-order valence-corrected chi connectivity index (χ4v) is 5.02. The molecule has 0 radical (unpaired) electrons. The third-order valence-electron chi connectivity index (χ3n) is 7.02. The molecule has 1 aromatic carbocycles. The number of pyridine rings is 1. The molecule has 6 heterocycles. The molecule has 0 aliphatic carbocycles. The Morgan fingerprint density at radius 3 is 2.62 bits per heavy atom. The number of nitrogens with zero attached hydrogens (tertiary/aromatic N) is 7. The Labute approximate surface area is 228 Å². The topological polar surface area (TPSA) is 112 Å². The predicted octanol–water partition coefficient (Wildman–Crippen LogP) is 3.41. The average Bonchev–Trinajstić information content (AvgIpc) is 3.58. The van der Waals surface area contributed by atoms with Crippen molar-refractivity contribution in [3.63, 3.8) is 0 Å². The van der Waals surface area contributed by atoms with Gasteiger partial charge in [-0.1, -0.05) is 0 Å². The van der Waals surface area contributed by atoms with Crippen molar-refractivity contribution in [3.8, 4) is 22.5 Å². The SMILES string of the molecule is O=C(Nc1cn2nc(-c3c(-c4ccc(F)cc4)nn4c3COCC4)ccc2n1)c1ccnc(N2CCOCC2)c1. The summed E-state index contributed by atoms with van der Waals surface area (Å²) in [5.74, 6) is 0.512. The van der Waals surface area contributed by atoms with Crippen molar-refractivity contribution < 1.29 is 18.7 Å². The molecule has 0 saturated carbocycles. The van der Waals surface area contributed by atoms with Crippen LogP contribution < -0.4 is 10.2 Å². The number of aromatic nitrogens is 6. The van der Waals surface area contributed by atoms with Gasteiger partial charge in [0.1, 0.15) is 17.3 Å². The van der Waals surface area contributed by atoms with E-state index in [4.69, 9.17) is 19.7 Å². The Bertz CT molecular complexity index is 1710. The third kappa shape index (κ3) is 4.56. The maximum absolute atomic E-state index is 13.6. The van der Waals surface area contributed by atoms with Gasteiger partial charge in [-0.25, -0.2) is 18.9 Å². The Morgan fingerprint density at radius 1 is 0.950 bits per heavy atom. The minimum absolute atomic E-state index is 0.290. The summed E-state index contributed by atoms with van der Waals surface area (Å²) in [5, 5.41) is 12.5. The van der Waals surface area contributed by atoms with Crippen molar-refractivity contribution in [2.24, 2.45) is 0 Å². The summed E-state index contributed by atoms with van der Waals surface area (Å²) in [7, 11) is 0. The summed E-state index contributed by atoms with van der Waals surface area (Å²) in [6.45, 7) is 4.31. The summed E-state index contributed by atoms with van der Waals surface area (Å²) in [6, 6.07) is 13.4. The van der Waals surface area contributed by atoms with Crippen molar-refractivity contribution in [3.05, 3.63) is 78.0 Å². The number of carbonyl (C=O) groups excluding carboxylic acids is 1.